The molecule has 0 aromatic heterocycles. The molecule has 90 valence electrons. The molecule has 0 aliphatic heterocycles. The number of aliphatic hydroxyl groups is 2. The van der Waals surface area contributed by atoms with Crippen molar-refractivity contribution in [3.05, 3.63) is 28.2 Å². The normalized spacial score (nSPS) is 14.8. The molecule has 1 unspecified atom stereocenters. The Morgan fingerprint density at radius 3 is 2.56 bits per heavy atom. The van der Waals surface area contributed by atoms with Crippen molar-refractivity contribution in [3.63, 3.8) is 0 Å². The Balaban J connectivity index is 2.68. The maximum absolute atomic E-state index is 9.43. The van der Waals surface area contributed by atoms with Gasteiger partial charge in [-0.2, -0.15) is 0 Å². The molecule has 2 nitrogen and oxygen atoms in total. The van der Waals surface area contributed by atoms with Gasteiger partial charge in [-0.05, 0) is 46.5 Å². The van der Waals surface area contributed by atoms with E-state index in [4.69, 9.17) is 5.11 Å². The maximum Gasteiger partial charge on any atom is 0.0762 e. The Bertz CT molecular complexity index is 342. The van der Waals surface area contributed by atoms with Crippen LogP contribution in [0.25, 0.3) is 0 Å². The van der Waals surface area contributed by atoms with Crippen LogP contribution in [0.15, 0.2) is 27.6 Å². The predicted molar refractivity (Wildman–Crippen MR) is 71.7 cm³/mol. The van der Waals surface area contributed by atoms with E-state index < -0.39 is 6.10 Å². The highest BCUT2D eigenvalue weighted by molar-refractivity contribution is 9.10. The molecule has 16 heavy (non-hydrogen) atoms. The van der Waals surface area contributed by atoms with Crippen LogP contribution in [0.2, 0.25) is 0 Å². The van der Waals surface area contributed by atoms with Crippen molar-refractivity contribution in [1.29, 1.82) is 0 Å². The largest absolute Gasteiger partial charge is 0.396 e. The lowest BCUT2D eigenvalue weighted by atomic mass is 10.1. The van der Waals surface area contributed by atoms with E-state index in [2.05, 4.69) is 15.9 Å². The van der Waals surface area contributed by atoms with Crippen LogP contribution < -0.4 is 0 Å². The van der Waals surface area contributed by atoms with Crippen LogP contribution in [0.5, 0.6) is 0 Å². The Hall–Kier alpha value is -0.0300. The number of hydrogen-bond acceptors (Lipinski definition) is 3. The summed E-state index contributed by atoms with van der Waals surface area (Å²) < 4.78 is 1.00. The summed E-state index contributed by atoms with van der Waals surface area (Å²) in [6.45, 7) is 3.99. The Morgan fingerprint density at radius 1 is 1.38 bits per heavy atom. The molecule has 0 heterocycles. The topological polar surface area (TPSA) is 40.5 Å². The van der Waals surface area contributed by atoms with E-state index in [1.54, 1.807) is 18.7 Å². The van der Waals surface area contributed by atoms with Crippen LogP contribution in [0.4, 0.5) is 0 Å². The zero-order chi connectivity index (χ0) is 12.1. The molecule has 0 radical (unpaired) electrons. The van der Waals surface area contributed by atoms with Crippen molar-refractivity contribution in [2.75, 3.05) is 12.4 Å². The number of aliphatic hydroxyl groups excluding tert-OH is 2. The number of hydrogen-bond donors (Lipinski definition) is 2. The summed E-state index contributed by atoms with van der Waals surface area (Å²) in [5.41, 5.74) is 0.909. The average molecular weight is 305 g/mol. The summed E-state index contributed by atoms with van der Waals surface area (Å²) in [6.07, 6.45) is -0.438. The van der Waals surface area contributed by atoms with E-state index in [1.807, 2.05) is 25.1 Å². The fourth-order valence-corrected chi connectivity index (χ4v) is 2.85. The van der Waals surface area contributed by atoms with Crippen molar-refractivity contribution >= 4 is 27.7 Å². The van der Waals surface area contributed by atoms with Crippen molar-refractivity contribution in [2.45, 2.75) is 24.8 Å². The highest BCUT2D eigenvalue weighted by Crippen LogP contribution is 2.31. The molecule has 1 rings (SSSR count). The highest BCUT2D eigenvalue weighted by Gasteiger charge is 2.07. The van der Waals surface area contributed by atoms with Gasteiger partial charge in [-0.15, -0.1) is 11.8 Å². The van der Waals surface area contributed by atoms with Gasteiger partial charge in [0, 0.05) is 21.7 Å². The lowest BCUT2D eigenvalue weighted by Crippen LogP contribution is -2.03. The summed E-state index contributed by atoms with van der Waals surface area (Å²) in [5.74, 6) is 1.19. The number of benzene rings is 1. The van der Waals surface area contributed by atoms with Gasteiger partial charge in [-0.1, -0.05) is 13.0 Å². The van der Waals surface area contributed by atoms with Gasteiger partial charge < -0.3 is 10.2 Å². The molecule has 0 amide bonds. The van der Waals surface area contributed by atoms with Crippen LogP contribution in [0.1, 0.15) is 25.5 Å². The third kappa shape index (κ3) is 4.09. The molecule has 2 N–H and O–H groups in total. The van der Waals surface area contributed by atoms with E-state index in [0.717, 1.165) is 20.7 Å². The zero-order valence-corrected chi connectivity index (χ0v) is 11.9. The molecular formula is C12H17BrO2S. The van der Waals surface area contributed by atoms with Crippen molar-refractivity contribution in [1.82, 2.24) is 0 Å². The van der Waals surface area contributed by atoms with Gasteiger partial charge in [0.1, 0.15) is 0 Å². The smallest absolute Gasteiger partial charge is 0.0762 e. The monoisotopic (exact) mass is 304 g/mol. The molecule has 0 fully saturated rings. The standard InChI is InChI=1S/C12H17BrO2S/c1-8(6-14)7-16-12-4-3-10(9(2)15)5-11(12)13/h3-5,8-9,14-15H,6-7H2,1-2H3/t8?,9-/m0/s1. The van der Waals surface area contributed by atoms with Crippen molar-refractivity contribution in [2.24, 2.45) is 5.92 Å². The average Bonchev–Trinajstić information content (AvgIpc) is 2.26. The van der Waals surface area contributed by atoms with E-state index >= 15 is 0 Å². The summed E-state index contributed by atoms with van der Waals surface area (Å²) >= 11 is 5.20. The van der Waals surface area contributed by atoms with Crippen LogP contribution >= 0.6 is 27.7 Å². The van der Waals surface area contributed by atoms with Gasteiger partial charge >= 0.3 is 0 Å². The van der Waals surface area contributed by atoms with Crippen LogP contribution in [-0.2, 0) is 0 Å². The molecule has 0 bridgehead atoms. The molecule has 0 saturated carbocycles. The minimum Gasteiger partial charge on any atom is -0.396 e. The molecule has 4 heteroatoms. The molecule has 1 aromatic rings. The van der Waals surface area contributed by atoms with Gasteiger partial charge in [-0.25, -0.2) is 0 Å². The summed E-state index contributed by atoms with van der Waals surface area (Å²) in [5, 5.41) is 18.4. The minimum absolute atomic E-state index is 0.219. The van der Waals surface area contributed by atoms with Crippen molar-refractivity contribution < 1.29 is 10.2 Å². The predicted octanol–water partition coefficient (Wildman–Crippen LogP) is 3.22. The zero-order valence-electron chi connectivity index (χ0n) is 9.48. The number of halogens is 1. The fourth-order valence-electron chi connectivity index (χ4n) is 1.18. The van der Waals surface area contributed by atoms with Gasteiger partial charge in [-0.3, -0.25) is 0 Å². The first-order valence-corrected chi connectivity index (χ1v) is 7.03. The first-order chi connectivity index (χ1) is 7.54. The Kier molecular flexibility index (Phi) is 5.83. The molecular weight excluding hydrogens is 288 g/mol. The lowest BCUT2D eigenvalue weighted by Gasteiger charge is -2.11. The van der Waals surface area contributed by atoms with Gasteiger partial charge in [0.05, 0.1) is 6.10 Å². The number of thioether (sulfide) groups is 1. The third-order valence-electron chi connectivity index (χ3n) is 2.27. The highest BCUT2D eigenvalue weighted by atomic mass is 79.9. The van der Waals surface area contributed by atoms with E-state index in [-0.39, 0.29) is 6.61 Å². The fraction of sp³-hybridized carbons (Fsp3) is 0.500. The summed E-state index contributed by atoms with van der Waals surface area (Å²) in [7, 11) is 0. The summed E-state index contributed by atoms with van der Waals surface area (Å²) in [6, 6.07) is 5.87. The van der Waals surface area contributed by atoms with Gasteiger partial charge in [0.2, 0.25) is 0 Å². The molecule has 0 aliphatic carbocycles. The molecule has 0 saturated heterocycles. The molecule has 0 aliphatic rings. The second kappa shape index (κ2) is 6.64. The summed E-state index contributed by atoms with van der Waals surface area (Å²) in [4.78, 5) is 1.14. The van der Waals surface area contributed by atoms with Crippen LogP contribution in [0, 0.1) is 5.92 Å². The molecule has 0 spiro atoms. The van der Waals surface area contributed by atoms with Crippen LogP contribution in [-0.4, -0.2) is 22.6 Å². The third-order valence-corrected chi connectivity index (χ3v) is 4.59. The van der Waals surface area contributed by atoms with E-state index in [0.29, 0.717) is 5.92 Å². The minimum atomic E-state index is -0.438. The second-order valence-electron chi connectivity index (χ2n) is 3.96. The Labute approximate surface area is 109 Å². The number of rotatable bonds is 5. The van der Waals surface area contributed by atoms with E-state index in [1.165, 1.54) is 0 Å². The quantitative estimate of drug-likeness (QED) is 0.821. The molecule has 1 aromatic carbocycles. The maximum atomic E-state index is 9.43. The first-order valence-electron chi connectivity index (χ1n) is 5.25. The second-order valence-corrected chi connectivity index (χ2v) is 5.88. The van der Waals surface area contributed by atoms with Gasteiger partial charge in [0.25, 0.3) is 0 Å². The first kappa shape index (κ1) is 14.0. The van der Waals surface area contributed by atoms with Gasteiger partial charge in [0.15, 0.2) is 0 Å². The molecule has 2 atom stereocenters. The van der Waals surface area contributed by atoms with Crippen molar-refractivity contribution in [3.8, 4) is 0 Å². The SMILES string of the molecule is CC(CO)CSc1ccc([C@H](C)O)cc1Br. The lowest BCUT2D eigenvalue weighted by molar-refractivity contribution is 0.199. The van der Waals surface area contributed by atoms with Crippen LogP contribution in [0.3, 0.4) is 0 Å². The van der Waals surface area contributed by atoms with E-state index in [9.17, 15) is 5.11 Å². The Morgan fingerprint density at radius 2 is 2.06 bits per heavy atom.